The first kappa shape index (κ1) is 13.3. The van der Waals surface area contributed by atoms with Crippen LogP contribution in [-0.4, -0.2) is 73.0 Å². The largest absolute Gasteiger partial charge is 0.479 e. The molecule has 1 aliphatic rings. The number of hydrogen-bond donors (Lipinski definition) is 7. The van der Waals surface area contributed by atoms with Crippen molar-refractivity contribution in [3.63, 3.8) is 0 Å². The molecule has 9 nitrogen and oxygen atoms in total. The van der Waals surface area contributed by atoms with Gasteiger partial charge in [-0.1, -0.05) is 0 Å². The molecule has 1 aliphatic heterocycles. The number of aliphatic carboxylic acids is 1. The molecule has 0 aromatic carbocycles. The Hall–Kier alpha value is -0.810. The van der Waals surface area contributed by atoms with Crippen LogP contribution in [0, 0.1) is 0 Å². The Kier molecular flexibility index (Phi) is 3.22. The Bertz CT molecular complexity index is 294. The summed E-state index contributed by atoms with van der Waals surface area (Å²) >= 11 is 0. The molecule has 5 atom stereocenters. The molecular weight excluding hydrogens is 226 g/mol. The number of aliphatic hydroxyl groups is 5. The first-order valence-electron chi connectivity index (χ1n) is 4.27. The molecule has 0 radical (unpaired) electrons. The van der Waals surface area contributed by atoms with E-state index in [9.17, 15) is 25.2 Å². The molecule has 1 heterocycles. The molecule has 0 saturated carbocycles. The van der Waals surface area contributed by atoms with E-state index in [4.69, 9.17) is 15.9 Å². The molecule has 1 saturated heterocycles. The minimum Gasteiger partial charge on any atom is -0.479 e. The number of carbonyl (C=O) groups is 1. The predicted molar refractivity (Wildman–Crippen MR) is 45.7 cm³/mol. The second-order valence-corrected chi connectivity index (χ2v) is 3.60. The van der Waals surface area contributed by atoms with Gasteiger partial charge in [-0.15, -0.1) is 0 Å². The zero-order chi connectivity index (χ0) is 12.7. The number of rotatable bonds is 2. The van der Waals surface area contributed by atoms with E-state index in [1.54, 1.807) is 0 Å². The normalized spacial score (nSPS) is 49.0. The molecular formula is C7H13NO8. The Morgan fingerprint density at radius 3 is 2.19 bits per heavy atom. The van der Waals surface area contributed by atoms with Gasteiger partial charge < -0.3 is 35.4 Å². The van der Waals surface area contributed by atoms with Gasteiger partial charge in [-0.2, -0.15) is 0 Å². The summed E-state index contributed by atoms with van der Waals surface area (Å²) in [6, 6.07) is 0. The lowest BCUT2D eigenvalue weighted by molar-refractivity contribution is -0.354. The molecule has 1 fully saturated rings. The lowest BCUT2D eigenvalue weighted by Gasteiger charge is -2.47. The second-order valence-electron chi connectivity index (χ2n) is 3.60. The molecule has 0 aromatic heterocycles. The van der Waals surface area contributed by atoms with E-state index in [-0.39, 0.29) is 0 Å². The highest BCUT2D eigenvalue weighted by molar-refractivity contribution is 5.79. The van der Waals surface area contributed by atoms with Gasteiger partial charge in [-0.05, 0) is 0 Å². The Morgan fingerprint density at radius 2 is 1.81 bits per heavy atom. The van der Waals surface area contributed by atoms with Crippen LogP contribution < -0.4 is 5.73 Å². The van der Waals surface area contributed by atoms with Gasteiger partial charge in [0.1, 0.15) is 12.2 Å². The van der Waals surface area contributed by atoms with Crippen LogP contribution in [0.15, 0.2) is 0 Å². The van der Waals surface area contributed by atoms with Crippen LogP contribution in [0.3, 0.4) is 0 Å². The number of aliphatic hydroxyl groups excluding tert-OH is 4. The topological polar surface area (TPSA) is 174 Å². The maximum atomic E-state index is 10.8. The first-order valence-corrected chi connectivity index (χ1v) is 4.27. The maximum absolute atomic E-state index is 10.8. The minimum atomic E-state index is -2.73. The summed E-state index contributed by atoms with van der Waals surface area (Å²) in [5, 5.41) is 55.0. The monoisotopic (exact) mass is 239 g/mol. The van der Waals surface area contributed by atoms with Crippen molar-refractivity contribution in [2.24, 2.45) is 5.73 Å². The highest BCUT2D eigenvalue weighted by Crippen LogP contribution is 2.32. The van der Waals surface area contributed by atoms with Crippen LogP contribution in [0.4, 0.5) is 0 Å². The van der Waals surface area contributed by atoms with Crippen LogP contribution in [0.25, 0.3) is 0 Å². The van der Waals surface area contributed by atoms with E-state index >= 15 is 0 Å². The van der Waals surface area contributed by atoms with Crippen molar-refractivity contribution in [3.05, 3.63) is 0 Å². The first-order chi connectivity index (χ1) is 7.20. The molecule has 8 N–H and O–H groups in total. The summed E-state index contributed by atoms with van der Waals surface area (Å²) < 4.78 is 4.40. The number of hydrogen-bond acceptors (Lipinski definition) is 8. The molecule has 16 heavy (non-hydrogen) atoms. The minimum absolute atomic E-state index is 1.21. The average Bonchev–Trinajstić information content (AvgIpc) is 2.21. The van der Waals surface area contributed by atoms with Gasteiger partial charge in [-0.3, -0.25) is 5.73 Å². The fraction of sp³-hybridized carbons (Fsp3) is 0.857. The summed E-state index contributed by atoms with van der Waals surface area (Å²) in [6.45, 7) is -1.21. The van der Waals surface area contributed by atoms with Crippen LogP contribution in [0.2, 0.25) is 0 Å². The summed E-state index contributed by atoms with van der Waals surface area (Å²) in [6.07, 6.45) is -6.66. The fourth-order valence-electron chi connectivity index (χ4n) is 1.39. The molecule has 0 aromatic rings. The Labute approximate surface area is 89.3 Å². The molecule has 0 bridgehead atoms. The van der Waals surface area contributed by atoms with Crippen molar-refractivity contribution in [3.8, 4) is 0 Å². The molecule has 94 valence electrons. The zero-order valence-corrected chi connectivity index (χ0v) is 8.02. The number of ether oxygens (including phenoxy) is 1. The van der Waals surface area contributed by atoms with Gasteiger partial charge in [0.05, 0.1) is 6.61 Å². The summed E-state index contributed by atoms with van der Waals surface area (Å²) in [5.74, 6) is -1.81. The van der Waals surface area contributed by atoms with Gasteiger partial charge in [0, 0.05) is 0 Å². The number of carboxylic acids is 1. The Balaban J connectivity index is 3.14. The van der Waals surface area contributed by atoms with E-state index < -0.39 is 42.4 Å². The lowest BCUT2D eigenvalue weighted by atomic mass is 9.84. The summed E-state index contributed by atoms with van der Waals surface area (Å²) in [5.41, 5.74) is -0.336. The van der Waals surface area contributed by atoms with Gasteiger partial charge in [0.25, 0.3) is 0 Å². The Morgan fingerprint density at radius 1 is 1.31 bits per heavy atom. The van der Waals surface area contributed by atoms with E-state index in [0.29, 0.717) is 0 Å². The SMILES string of the molecule is NC1(O)C(O)OC(CO)(C(=O)O)C(O)C1O. The highest BCUT2D eigenvalue weighted by Gasteiger charge is 2.62. The predicted octanol–water partition coefficient (Wildman–Crippen LogP) is -4.48. The lowest BCUT2D eigenvalue weighted by Crippen LogP contribution is -2.76. The number of carboxylic acid groups (broad SMARTS) is 1. The number of nitrogens with two attached hydrogens (primary N) is 1. The molecule has 1 rings (SSSR count). The summed E-state index contributed by atoms with van der Waals surface area (Å²) in [7, 11) is 0. The van der Waals surface area contributed by atoms with Crippen LogP contribution >= 0.6 is 0 Å². The van der Waals surface area contributed by atoms with Crippen LogP contribution in [0.5, 0.6) is 0 Å². The standard InChI is InChI=1S/C7H13NO8/c8-7(15)3(11)2(10)6(1-9,4(12)13)16-5(7)14/h2-3,5,9-11,14-15H,1,8H2,(H,12,13). The van der Waals surface area contributed by atoms with E-state index in [0.717, 1.165) is 0 Å². The maximum Gasteiger partial charge on any atom is 0.341 e. The van der Waals surface area contributed by atoms with Gasteiger partial charge in [-0.25, -0.2) is 4.79 Å². The van der Waals surface area contributed by atoms with Crippen molar-refractivity contribution in [1.82, 2.24) is 0 Å². The van der Waals surface area contributed by atoms with E-state index in [1.165, 1.54) is 0 Å². The molecule has 9 heteroatoms. The van der Waals surface area contributed by atoms with E-state index in [1.807, 2.05) is 0 Å². The van der Waals surface area contributed by atoms with Gasteiger partial charge >= 0.3 is 5.97 Å². The highest BCUT2D eigenvalue weighted by atomic mass is 16.7. The fourth-order valence-corrected chi connectivity index (χ4v) is 1.39. The van der Waals surface area contributed by atoms with Gasteiger partial charge in [0.15, 0.2) is 5.72 Å². The third-order valence-corrected chi connectivity index (χ3v) is 2.57. The molecule has 5 unspecified atom stereocenters. The third kappa shape index (κ3) is 1.58. The quantitative estimate of drug-likeness (QED) is 0.234. The van der Waals surface area contributed by atoms with Crippen LogP contribution in [-0.2, 0) is 9.53 Å². The van der Waals surface area contributed by atoms with Crippen molar-refractivity contribution >= 4 is 5.97 Å². The molecule has 0 amide bonds. The van der Waals surface area contributed by atoms with E-state index in [2.05, 4.69) is 4.74 Å². The van der Waals surface area contributed by atoms with Crippen molar-refractivity contribution in [2.75, 3.05) is 6.61 Å². The zero-order valence-electron chi connectivity index (χ0n) is 8.02. The molecule has 0 spiro atoms. The third-order valence-electron chi connectivity index (χ3n) is 2.57. The van der Waals surface area contributed by atoms with Crippen LogP contribution in [0.1, 0.15) is 0 Å². The van der Waals surface area contributed by atoms with Crippen molar-refractivity contribution in [1.29, 1.82) is 0 Å². The molecule has 0 aliphatic carbocycles. The summed E-state index contributed by atoms with van der Waals surface area (Å²) in [4.78, 5) is 10.8. The van der Waals surface area contributed by atoms with Crippen molar-refractivity contribution in [2.45, 2.75) is 29.8 Å². The van der Waals surface area contributed by atoms with Crippen molar-refractivity contribution < 1.29 is 40.2 Å². The smallest absolute Gasteiger partial charge is 0.341 e. The average molecular weight is 239 g/mol. The second kappa shape index (κ2) is 3.89. The van der Waals surface area contributed by atoms with Gasteiger partial charge in [0.2, 0.25) is 11.9 Å².